The summed E-state index contributed by atoms with van der Waals surface area (Å²) in [6.45, 7) is 2.04. The van der Waals surface area contributed by atoms with E-state index in [4.69, 9.17) is 0 Å². The Balaban J connectivity index is 1.96. The summed E-state index contributed by atoms with van der Waals surface area (Å²) in [5.41, 5.74) is 2.07. The number of benzene rings is 1. The largest absolute Gasteiger partial charge is 0.294 e. The number of carbonyl (C=O) groups is 1. The molecule has 0 heterocycles. The minimum atomic E-state index is 0.334. The number of rotatable bonds is 3. The van der Waals surface area contributed by atoms with E-state index in [1.54, 1.807) is 0 Å². The summed E-state index contributed by atoms with van der Waals surface area (Å²) >= 11 is 0. The monoisotopic (exact) mass is 230 g/mol. The molecule has 1 aliphatic carbocycles. The molecule has 0 N–H and O–H groups in total. The molecule has 0 aliphatic heterocycles. The molecule has 2 rings (SSSR count). The molecule has 1 aromatic rings. The van der Waals surface area contributed by atoms with Crippen LogP contribution in [0.15, 0.2) is 24.3 Å². The second kappa shape index (κ2) is 6.00. The minimum absolute atomic E-state index is 0.334. The molecular weight excluding hydrogens is 208 g/mol. The highest BCUT2D eigenvalue weighted by atomic mass is 16.1. The summed E-state index contributed by atoms with van der Waals surface area (Å²) in [5, 5.41) is 0. The van der Waals surface area contributed by atoms with E-state index in [0.717, 1.165) is 12.0 Å². The lowest BCUT2D eigenvalue weighted by Crippen LogP contribution is -2.08. The summed E-state index contributed by atoms with van der Waals surface area (Å²) in [6.07, 6.45) is 8.58. The van der Waals surface area contributed by atoms with Crippen molar-refractivity contribution in [3.8, 4) is 0 Å². The number of Topliss-reactive ketones (excluding diaryl/α,β-unsaturated/α-hetero) is 1. The van der Waals surface area contributed by atoms with Crippen molar-refractivity contribution in [3.63, 3.8) is 0 Å². The smallest absolute Gasteiger partial charge is 0.163 e. The van der Waals surface area contributed by atoms with Crippen LogP contribution in [0.5, 0.6) is 0 Å². The molecule has 0 aromatic heterocycles. The Labute approximate surface area is 104 Å². The molecule has 1 fully saturated rings. The molecule has 1 saturated carbocycles. The summed E-state index contributed by atoms with van der Waals surface area (Å²) in [6, 6.07) is 7.99. The van der Waals surface area contributed by atoms with Crippen molar-refractivity contribution in [2.24, 2.45) is 5.92 Å². The summed E-state index contributed by atoms with van der Waals surface area (Å²) < 4.78 is 0. The lowest BCUT2D eigenvalue weighted by atomic mass is 9.92. The van der Waals surface area contributed by atoms with Gasteiger partial charge in [0.05, 0.1) is 0 Å². The number of carbonyl (C=O) groups excluding carboxylic acids is 1. The lowest BCUT2D eigenvalue weighted by molar-refractivity contribution is 0.0957. The molecular formula is C16H22O. The highest BCUT2D eigenvalue weighted by Crippen LogP contribution is 2.26. The van der Waals surface area contributed by atoms with Crippen LogP contribution in [0.1, 0.15) is 60.9 Å². The van der Waals surface area contributed by atoms with Crippen molar-refractivity contribution in [1.82, 2.24) is 0 Å². The highest BCUT2D eigenvalue weighted by molar-refractivity contribution is 5.96. The van der Waals surface area contributed by atoms with Crippen LogP contribution < -0.4 is 0 Å². The molecule has 0 bridgehead atoms. The molecule has 17 heavy (non-hydrogen) atoms. The number of hydrogen-bond acceptors (Lipinski definition) is 1. The lowest BCUT2D eigenvalue weighted by Gasteiger charge is -2.12. The SMILES string of the molecule is Cc1cccc(C(=O)CC2CCCCCC2)c1. The molecule has 0 unspecified atom stereocenters. The van der Waals surface area contributed by atoms with Crippen LogP contribution in [0.25, 0.3) is 0 Å². The molecule has 0 spiro atoms. The van der Waals surface area contributed by atoms with Crippen molar-refractivity contribution >= 4 is 5.78 Å². The molecule has 0 saturated heterocycles. The van der Waals surface area contributed by atoms with Gasteiger partial charge in [-0.05, 0) is 18.9 Å². The Morgan fingerprint density at radius 3 is 2.53 bits per heavy atom. The van der Waals surface area contributed by atoms with E-state index < -0.39 is 0 Å². The maximum absolute atomic E-state index is 12.2. The first-order valence-electron chi connectivity index (χ1n) is 6.85. The predicted molar refractivity (Wildman–Crippen MR) is 71.3 cm³/mol. The molecule has 1 heteroatoms. The van der Waals surface area contributed by atoms with E-state index >= 15 is 0 Å². The zero-order valence-corrected chi connectivity index (χ0v) is 10.7. The summed E-state index contributed by atoms with van der Waals surface area (Å²) in [4.78, 5) is 12.2. The van der Waals surface area contributed by atoms with Crippen molar-refractivity contribution in [2.45, 2.75) is 51.9 Å². The number of hydrogen-bond donors (Lipinski definition) is 0. The fourth-order valence-corrected chi connectivity index (χ4v) is 2.77. The summed E-state index contributed by atoms with van der Waals surface area (Å²) in [7, 11) is 0. The van der Waals surface area contributed by atoms with Gasteiger partial charge in [-0.2, -0.15) is 0 Å². The van der Waals surface area contributed by atoms with Crippen molar-refractivity contribution in [3.05, 3.63) is 35.4 Å². The van der Waals surface area contributed by atoms with E-state index in [2.05, 4.69) is 0 Å². The van der Waals surface area contributed by atoms with Gasteiger partial charge in [-0.15, -0.1) is 0 Å². The first kappa shape index (κ1) is 12.3. The zero-order chi connectivity index (χ0) is 12.1. The fraction of sp³-hybridized carbons (Fsp3) is 0.562. The van der Waals surface area contributed by atoms with Crippen LogP contribution in [0.4, 0.5) is 0 Å². The first-order valence-corrected chi connectivity index (χ1v) is 6.85. The predicted octanol–water partition coefficient (Wildman–Crippen LogP) is 4.54. The van der Waals surface area contributed by atoms with Crippen LogP contribution >= 0.6 is 0 Å². The van der Waals surface area contributed by atoms with Crippen LogP contribution in [0, 0.1) is 12.8 Å². The van der Waals surface area contributed by atoms with Gasteiger partial charge in [0.25, 0.3) is 0 Å². The molecule has 1 aromatic carbocycles. The van der Waals surface area contributed by atoms with E-state index in [0.29, 0.717) is 11.7 Å². The number of ketones is 1. The van der Waals surface area contributed by atoms with Gasteiger partial charge in [-0.1, -0.05) is 62.3 Å². The van der Waals surface area contributed by atoms with Gasteiger partial charge in [0, 0.05) is 12.0 Å². The Morgan fingerprint density at radius 1 is 1.18 bits per heavy atom. The van der Waals surface area contributed by atoms with E-state index in [1.807, 2.05) is 31.2 Å². The second-order valence-corrected chi connectivity index (χ2v) is 5.35. The van der Waals surface area contributed by atoms with Gasteiger partial charge in [0.15, 0.2) is 5.78 Å². The topological polar surface area (TPSA) is 17.1 Å². The van der Waals surface area contributed by atoms with Crippen LogP contribution in [0.2, 0.25) is 0 Å². The normalized spacial score (nSPS) is 17.7. The third-order valence-electron chi connectivity index (χ3n) is 3.79. The van der Waals surface area contributed by atoms with Crippen LogP contribution in [-0.4, -0.2) is 5.78 Å². The highest BCUT2D eigenvalue weighted by Gasteiger charge is 2.16. The van der Waals surface area contributed by atoms with Gasteiger partial charge in [0.2, 0.25) is 0 Å². The Bertz CT molecular complexity index is 373. The van der Waals surface area contributed by atoms with Crippen molar-refractivity contribution < 1.29 is 4.79 Å². The molecule has 0 radical (unpaired) electrons. The molecule has 0 amide bonds. The zero-order valence-electron chi connectivity index (χ0n) is 10.7. The maximum Gasteiger partial charge on any atom is 0.163 e. The van der Waals surface area contributed by atoms with Gasteiger partial charge in [-0.3, -0.25) is 4.79 Å². The van der Waals surface area contributed by atoms with Crippen molar-refractivity contribution in [1.29, 1.82) is 0 Å². The Morgan fingerprint density at radius 2 is 1.88 bits per heavy atom. The Kier molecular flexibility index (Phi) is 4.36. The van der Waals surface area contributed by atoms with E-state index in [-0.39, 0.29) is 0 Å². The maximum atomic E-state index is 12.2. The van der Waals surface area contributed by atoms with Crippen molar-refractivity contribution in [2.75, 3.05) is 0 Å². The first-order chi connectivity index (χ1) is 8.25. The molecule has 0 atom stereocenters. The van der Waals surface area contributed by atoms with Gasteiger partial charge >= 0.3 is 0 Å². The minimum Gasteiger partial charge on any atom is -0.294 e. The van der Waals surface area contributed by atoms with E-state index in [1.165, 1.54) is 44.1 Å². The fourth-order valence-electron chi connectivity index (χ4n) is 2.77. The average Bonchev–Trinajstić information content (AvgIpc) is 2.57. The molecule has 1 nitrogen and oxygen atoms in total. The van der Waals surface area contributed by atoms with Gasteiger partial charge in [-0.25, -0.2) is 0 Å². The van der Waals surface area contributed by atoms with Crippen LogP contribution in [-0.2, 0) is 0 Å². The standard InChI is InChI=1S/C16H22O/c1-13-7-6-10-15(11-13)16(17)12-14-8-4-2-3-5-9-14/h6-7,10-11,14H,2-5,8-9,12H2,1H3. The van der Waals surface area contributed by atoms with Gasteiger partial charge in [0.1, 0.15) is 0 Å². The van der Waals surface area contributed by atoms with Gasteiger partial charge < -0.3 is 0 Å². The second-order valence-electron chi connectivity index (χ2n) is 5.35. The third-order valence-corrected chi connectivity index (χ3v) is 3.79. The quantitative estimate of drug-likeness (QED) is 0.550. The average molecular weight is 230 g/mol. The summed E-state index contributed by atoms with van der Waals surface area (Å²) in [5.74, 6) is 0.964. The van der Waals surface area contributed by atoms with Crippen LogP contribution in [0.3, 0.4) is 0 Å². The molecule has 92 valence electrons. The third kappa shape index (κ3) is 3.69. The Hall–Kier alpha value is -1.11. The number of aryl methyl sites for hydroxylation is 1. The van der Waals surface area contributed by atoms with E-state index in [9.17, 15) is 4.79 Å². The molecule has 1 aliphatic rings.